The van der Waals surface area contributed by atoms with Crippen LogP contribution in [-0.2, 0) is 0 Å². The van der Waals surface area contributed by atoms with Crippen LogP contribution in [0.5, 0.6) is 0 Å². The molecule has 0 fully saturated rings. The number of fused-ring (bicyclic) bond motifs is 1. The Morgan fingerprint density at radius 1 is 0.800 bits per heavy atom. The van der Waals surface area contributed by atoms with Gasteiger partial charge in [0, 0.05) is 22.2 Å². The van der Waals surface area contributed by atoms with Crippen molar-refractivity contribution in [3.8, 4) is 0 Å². The lowest BCUT2D eigenvalue weighted by Crippen LogP contribution is -1.91. The van der Waals surface area contributed by atoms with Gasteiger partial charge < -0.3 is 4.98 Å². The highest BCUT2D eigenvalue weighted by molar-refractivity contribution is 5.89. The lowest BCUT2D eigenvalue weighted by molar-refractivity contribution is 0.793. The Morgan fingerprint density at radius 3 is 1.53 bits per heavy atom. The van der Waals surface area contributed by atoms with Gasteiger partial charge in [-0.1, -0.05) is 52.0 Å². The van der Waals surface area contributed by atoms with E-state index in [2.05, 4.69) is 56.9 Å². The standard InChI is InChI=1S/C14H19N/c1-9(2)13-11-7-5-6-8-12(11)14(15-13)10(3)4/h5-10,15H,1-4H3. The summed E-state index contributed by atoms with van der Waals surface area (Å²) in [5.41, 5.74) is 2.74. The molecule has 1 aromatic heterocycles. The number of aromatic nitrogens is 1. The molecule has 0 atom stereocenters. The third-order valence-electron chi connectivity index (χ3n) is 2.93. The minimum atomic E-state index is 0.558. The van der Waals surface area contributed by atoms with Crippen LogP contribution in [0.1, 0.15) is 50.9 Å². The van der Waals surface area contributed by atoms with Crippen molar-refractivity contribution >= 4 is 10.8 Å². The molecule has 0 unspecified atom stereocenters. The first-order chi connectivity index (χ1) is 7.11. The van der Waals surface area contributed by atoms with Gasteiger partial charge in [-0.15, -0.1) is 0 Å². The minimum Gasteiger partial charge on any atom is -0.361 e. The maximum Gasteiger partial charge on any atom is 0.0255 e. The van der Waals surface area contributed by atoms with Crippen LogP contribution >= 0.6 is 0 Å². The molecule has 0 aliphatic rings. The van der Waals surface area contributed by atoms with Crippen molar-refractivity contribution in [3.63, 3.8) is 0 Å². The number of rotatable bonds is 2. The summed E-state index contributed by atoms with van der Waals surface area (Å²) in [7, 11) is 0. The predicted molar refractivity (Wildman–Crippen MR) is 66.5 cm³/mol. The van der Waals surface area contributed by atoms with E-state index in [1.165, 1.54) is 22.2 Å². The van der Waals surface area contributed by atoms with Gasteiger partial charge in [0.25, 0.3) is 0 Å². The van der Waals surface area contributed by atoms with Crippen LogP contribution in [-0.4, -0.2) is 4.98 Å². The van der Waals surface area contributed by atoms with Gasteiger partial charge in [-0.25, -0.2) is 0 Å². The SMILES string of the molecule is CC(C)c1[nH]c(C(C)C)c2ccccc12. The quantitative estimate of drug-likeness (QED) is 0.740. The highest BCUT2D eigenvalue weighted by atomic mass is 14.7. The lowest BCUT2D eigenvalue weighted by atomic mass is 10.0. The molecule has 0 radical (unpaired) electrons. The zero-order valence-electron chi connectivity index (χ0n) is 9.96. The molecule has 0 spiro atoms. The van der Waals surface area contributed by atoms with Crippen molar-refractivity contribution in [1.29, 1.82) is 0 Å². The number of H-pyrrole nitrogens is 1. The van der Waals surface area contributed by atoms with E-state index in [4.69, 9.17) is 0 Å². The van der Waals surface area contributed by atoms with Crippen molar-refractivity contribution < 1.29 is 0 Å². The molecule has 0 aliphatic carbocycles. The van der Waals surface area contributed by atoms with E-state index >= 15 is 0 Å². The van der Waals surface area contributed by atoms with E-state index in [-0.39, 0.29) is 0 Å². The Labute approximate surface area is 91.5 Å². The first-order valence-electron chi connectivity index (χ1n) is 5.71. The van der Waals surface area contributed by atoms with Gasteiger partial charge in [0.1, 0.15) is 0 Å². The van der Waals surface area contributed by atoms with Crippen LogP contribution in [0.25, 0.3) is 10.8 Å². The molecule has 1 aromatic carbocycles. The molecule has 0 aliphatic heterocycles. The highest BCUT2D eigenvalue weighted by Gasteiger charge is 2.13. The molecule has 80 valence electrons. The van der Waals surface area contributed by atoms with Crippen molar-refractivity contribution in [2.24, 2.45) is 0 Å². The Balaban J connectivity index is 2.73. The average Bonchev–Trinajstić information content (AvgIpc) is 2.56. The fourth-order valence-corrected chi connectivity index (χ4v) is 2.14. The summed E-state index contributed by atoms with van der Waals surface area (Å²) in [5.74, 6) is 1.12. The van der Waals surface area contributed by atoms with Gasteiger partial charge in [0.05, 0.1) is 0 Å². The third kappa shape index (κ3) is 1.67. The number of aromatic amines is 1. The Kier molecular flexibility index (Phi) is 2.56. The summed E-state index contributed by atoms with van der Waals surface area (Å²) in [5, 5.41) is 2.77. The molecular formula is C14H19N. The van der Waals surface area contributed by atoms with E-state index in [9.17, 15) is 0 Å². The summed E-state index contributed by atoms with van der Waals surface area (Å²) >= 11 is 0. The summed E-state index contributed by atoms with van der Waals surface area (Å²) in [6, 6.07) is 8.67. The van der Waals surface area contributed by atoms with E-state index in [1.54, 1.807) is 0 Å². The normalized spacial score (nSPS) is 11.9. The third-order valence-corrected chi connectivity index (χ3v) is 2.93. The zero-order valence-corrected chi connectivity index (χ0v) is 9.96. The first kappa shape index (κ1) is 10.3. The predicted octanol–water partition coefficient (Wildman–Crippen LogP) is 4.41. The second-order valence-electron chi connectivity index (χ2n) is 4.81. The van der Waals surface area contributed by atoms with Crippen molar-refractivity contribution in [2.45, 2.75) is 39.5 Å². The highest BCUT2D eigenvalue weighted by Crippen LogP contribution is 2.31. The smallest absolute Gasteiger partial charge is 0.0255 e. The molecule has 0 bridgehead atoms. The van der Waals surface area contributed by atoms with Gasteiger partial charge >= 0.3 is 0 Å². The molecular weight excluding hydrogens is 182 g/mol. The molecule has 1 heteroatoms. The zero-order chi connectivity index (χ0) is 11.0. The number of hydrogen-bond donors (Lipinski definition) is 1. The molecule has 1 nitrogen and oxygen atoms in total. The topological polar surface area (TPSA) is 15.8 Å². The molecule has 0 saturated carbocycles. The van der Waals surface area contributed by atoms with Crippen LogP contribution < -0.4 is 0 Å². The second kappa shape index (κ2) is 3.73. The maximum atomic E-state index is 3.59. The summed E-state index contributed by atoms with van der Waals surface area (Å²) in [6.07, 6.45) is 0. The van der Waals surface area contributed by atoms with E-state index in [0.717, 1.165) is 0 Å². The monoisotopic (exact) mass is 201 g/mol. The Hall–Kier alpha value is -1.24. The molecule has 2 aromatic rings. The van der Waals surface area contributed by atoms with Gasteiger partial charge in [0.2, 0.25) is 0 Å². The van der Waals surface area contributed by atoms with Crippen LogP contribution in [0.4, 0.5) is 0 Å². The van der Waals surface area contributed by atoms with Crippen LogP contribution in [0.15, 0.2) is 24.3 Å². The summed E-state index contributed by atoms with van der Waals surface area (Å²) < 4.78 is 0. The lowest BCUT2D eigenvalue weighted by Gasteiger charge is -2.03. The Bertz CT molecular complexity index is 421. The Morgan fingerprint density at radius 2 is 1.20 bits per heavy atom. The van der Waals surface area contributed by atoms with Gasteiger partial charge in [-0.3, -0.25) is 0 Å². The van der Waals surface area contributed by atoms with Crippen molar-refractivity contribution in [1.82, 2.24) is 4.98 Å². The number of benzene rings is 1. The van der Waals surface area contributed by atoms with E-state index in [0.29, 0.717) is 11.8 Å². The largest absolute Gasteiger partial charge is 0.361 e. The van der Waals surface area contributed by atoms with Crippen LogP contribution in [0.3, 0.4) is 0 Å². The van der Waals surface area contributed by atoms with Crippen LogP contribution in [0.2, 0.25) is 0 Å². The maximum absolute atomic E-state index is 3.59. The van der Waals surface area contributed by atoms with Crippen LogP contribution in [0, 0.1) is 0 Å². The number of nitrogens with one attached hydrogen (secondary N) is 1. The molecule has 0 amide bonds. The number of hydrogen-bond acceptors (Lipinski definition) is 0. The molecule has 15 heavy (non-hydrogen) atoms. The first-order valence-corrected chi connectivity index (χ1v) is 5.71. The van der Waals surface area contributed by atoms with Gasteiger partial charge in [0.15, 0.2) is 0 Å². The van der Waals surface area contributed by atoms with Gasteiger partial charge in [-0.2, -0.15) is 0 Å². The van der Waals surface area contributed by atoms with Crippen molar-refractivity contribution in [3.05, 3.63) is 35.7 Å². The fourth-order valence-electron chi connectivity index (χ4n) is 2.14. The van der Waals surface area contributed by atoms with E-state index in [1.807, 2.05) is 0 Å². The molecule has 2 rings (SSSR count). The second-order valence-corrected chi connectivity index (χ2v) is 4.81. The molecule has 1 N–H and O–H groups in total. The molecule has 1 heterocycles. The summed E-state index contributed by atoms with van der Waals surface area (Å²) in [4.78, 5) is 3.59. The average molecular weight is 201 g/mol. The van der Waals surface area contributed by atoms with E-state index < -0.39 is 0 Å². The van der Waals surface area contributed by atoms with Crippen molar-refractivity contribution in [2.75, 3.05) is 0 Å². The summed E-state index contributed by atoms with van der Waals surface area (Å²) in [6.45, 7) is 8.95. The fraction of sp³-hybridized carbons (Fsp3) is 0.429. The molecule has 0 saturated heterocycles. The minimum absolute atomic E-state index is 0.558. The van der Waals surface area contributed by atoms with Gasteiger partial charge in [-0.05, 0) is 11.8 Å².